The number of carbonyl (C=O) groups is 2. The Balaban J connectivity index is 4.18. The summed E-state index contributed by atoms with van der Waals surface area (Å²) in [5.41, 5.74) is 0. The van der Waals surface area contributed by atoms with Gasteiger partial charge in [-0.3, -0.25) is 9.59 Å². The van der Waals surface area contributed by atoms with Crippen molar-refractivity contribution in [2.45, 2.75) is 27.2 Å². The van der Waals surface area contributed by atoms with Crippen molar-refractivity contribution >= 4 is 11.9 Å². The Hall–Kier alpha value is -1.06. The molecule has 2 unspecified atom stereocenters. The molecule has 4 nitrogen and oxygen atoms in total. The maximum Gasteiger partial charge on any atom is 0.315 e. The number of hydrogen-bond acceptors (Lipinski definition) is 2. The molecule has 0 heterocycles. The summed E-state index contributed by atoms with van der Waals surface area (Å²) in [6.45, 7) is 6.11. The maximum atomic E-state index is 11.5. The first-order valence-electron chi connectivity index (χ1n) is 4.87. The number of rotatable bonds is 5. The van der Waals surface area contributed by atoms with E-state index in [0.29, 0.717) is 12.5 Å². The van der Waals surface area contributed by atoms with E-state index >= 15 is 0 Å². The van der Waals surface area contributed by atoms with Crippen LogP contribution in [0.15, 0.2) is 0 Å². The Morgan fingerprint density at radius 3 is 2.21 bits per heavy atom. The van der Waals surface area contributed by atoms with E-state index < -0.39 is 11.9 Å². The van der Waals surface area contributed by atoms with Crippen LogP contribution < -0.4 is 0 Å². The third-order valence-corrected chi connectivity index (χ3v) is 2.40. The Bertz CT molecular complexity index is 215. The summed E-state index contributed by atoms with van der Waals surface area (Å²) in [6.07, 6.45) is 0.985. The molecule has 0 aromatic heterocycles. The maximum absolute atomic E-state index is 11.5. The zero-order valence-electron chi connectivity index (χ0n) is 9.28. The number of carboxylic acid groups (broad SMARTS) is 1. The lowest BCUT2D eigenvalue weighted by Gasteiger charge is -2.22. The predicted octanol–water partition coefficient (Wildman–Crippen LogP) is 1.21. The minimum absolute atomic E-state index is 0.321. The molecule has 0 aliphatic carbocycles. The highest BCUT2D eigenvalue weighted by Gasteiger charge is 2.24. The molecule has 0 saturated carbocycles. The molecule has 1 amide bonds. The van der Waals surface area contributed by atoms with Gasteiger partial charge in [-0.1, -0.05) is 20.3 Å². The van der Waals surface area contributed by atoms with Crippen molar-refractivity contribution in [3.05, 3.63) is 0 Å². The van der Waals surface area contributed by atoms with Gasteiger partial charge in [-0.05, 0) is 12.8 Å². The van der Waals surface area contributed by atoms with Gasteiger partial charge >= 0.3 is 5.97 Å². The quantitative estimate of drug-likeness (QED) is 0.680. The highest BCUT2D eigenvalue weighted by molar-refractivity contribution is 5.96. The van der Waals surface area contributed by atoms with Gasteiger partial charge in [-0.25, -0.2) is 0 Å². The number of hydrogen-bond donors (Lipinski definition) is 1. The average Bonchev–Trinajstić information content (AvgIpc) is 2.14. The van der Waals surface area contributed by atoms with Crippen LogP contribution in [0.25, 0.3) is 0 Å². The van der Waals surface area contributed by atoms with Gasteiger partial charge in [-0.15, -0.1) is 0 Å². The van der Waals surface area contributed by atoms with Crippen molar-refractivity contribution in [1.29, 1.82) is 0 Å². The van der Waals surface area contributed by atoms with Crippen LogP contribution in [0.3, 0.4) is 0 Å². The molecule has 0 spiro atoms. The summed E-state index contributed by atoms with van der Waals surface area (Å²) in [4.78, 5) is 23.5. The van der Waals surface area contributed by atoms with Crippen molar-refractivity contribution < 1.29 is 14.7 Å². The van der Waals surface area contributed by atoms with Crippen molar-refractivity contribution in [3.8, 4) is 0 Å². The molecule has 0 rings (SSSR count). The predicted molar refractivity (Wildman–Crippen MR) is 53.9 cm³/mol. The minimum Gasteiger partial charge on any atom is -0.481 e. The molecule has 0 saturated heterocycles. The van der Waals surface area contributed by atoms with E-state index in [1.807, 2.05) is 13.8 Å². The van der Waals surface area contributed by atoms with Crippen molar-refractivity contribution in [2.75, 3.05) is 13.6 Å². The second-order valence-corrected chi connectivity index (χ2v) is 3.79. The van der Waals surface area contributed by atoms with E-state index in [2.05, 4.69) is 0 Å². The van der Waals surface area contributed by atoms with Crippen LogP contribution in [0.2, 0.25) is 0 Å². The normalized spacial score (nSPS) is 14.6. The first kappa shape index (κ1) is 12.9. The molecule has 14 heavy (non-hydrogen) atoms. The lowest BCUT2D eigenvalue weighted by atomic mass is 10.1. The number of nitrogens with zero attached hydrogens (tertiary/aromatic N) is 1. The largest absolute Gasteiger partial charge is 0.481 e. The van der Waals surface area contributed by atoms with E-state index in [4.69, 9.17) is 5.11 Å². The summed E-state index contributed by atoms with van der Waals surface area (Å²) < 4.78 is 0. The molecule has 0 fully saturated rings. The molecule has 0 aromatic rings. The zero-order valence-corrected chi connectivity index (χ0v) is 9.28. The van der Waals surface area contributed by atoms with Gasteiger partial charge in [0.25, 0.3) is 0 Å². The van der Waals surface area contributed by atoms with E-state index in [-0.39, 0.29) is 5.91 Å². The monoisotopic (exact) mass is 201 g/mol. The van der Waals surface area contributed by atoms with Gasteiger partial charge in [0.15, 0.2) is 0 Å². The summed E-state index contributed by atoms with van der Waals surface area (Å²) in [7, 11) is 1.65. The SMILES string of the molecule is CCC(C)CN(C)C(=O)C(C)C(=O)O. The highest BCUT2D eigenvalue weighted by atomic mass is 16.4. The fraction of sp³-hybridized carbons (Fsp3) is 0.800. The number of amides is 1. The number of aliphatic carboxylic acids is 1. The molecule has 0 aliphatic heterocycles. The summed E-state index contributed by atoms with van der Waals surface area (Å²) >= 11 is 0. The molecule has 1 N–H and O–H groups in total. The van der Waals surface area contributed by atoms with E-state index in [9.17, 15) is 9.59 Å². The van der Waals surface area contributed by atoms with Crippen molar-refractivity contribution in [2.24, 2.45) is 11.8 Å². The summed E-state index contributed by atoms with van der Waals surface area (Å²) in [5.74, 6) is -1.92. The van der Waals surface area contributed by atoms with Crippen LogP contribution in [0.5, 0.6) is 0 Å². The fourth-order valence-corrected chi connectivity index (χ4v) is 1.12. The Labute approximate surface area is 84.9 Å². The van der Waals surface area contributed by atoms with E-state index in [1.165, 1.54) is 11.8 Å². The Kier molecular flexibility index (Phi) is 5.20. The minimum atomic E-state index is -1.06. The van der Waals surface area contributed by atoms with E-state index in [1.54, 1.807) is 7.05 Å². The van der Waals surface area contributed by atoms with Gasteiger partial charge in [0.05, 0.1) is 0 Å². The highest BCUT2D eigenvalue weighted by Crippen LogP contribution is 2.06. The second kappa shape index (κ2) is 5.62. The van der Waals surface area contributed by atoms with Gasteiger partial charge in [0, 0.05) is 13.6 Å². The van der Waals surface area contributed by atoms with E-state index in [0.717, 1.165) is 6.42 Å². The van der Waals surface area contributed by atoms with Crippen LogP contribution in [0.1, 0.15) is 27.2 Å². The molecule has 0 bridgehead atoms. The van der Waals surface area contributed by atoms with Crippen molar-refractivity contribution in [3.63, 3.8) is 0 Å². The standard InChI is InChI=1S/C10H19NO3/c1-5-7(2)6-11(4)9(12)8(3)10(13)14/h7-8H,5-6H2,1-4H3,(H,13,14). The molecule has 82 valence electrons. The smallest absolute Gasteiger partial charge is 0.315 e. The molecular formula is C10H19NO3. The van der Waals surface area contributed by atoms with Crippen LogP contribution in [0.4, 0.5) is 0 Å². The Morgan fingerprint density at radius 1 is 1.36 bits per heavy atom. The first-order valence-corrected chi connectivity index (χ1v) is 4.87. The lowest BCUT2D eigenvalue weighted by molar-refractivity contribution is -0.149. The van der Waals surface area contributed by atoms with Crippen LogP contribution in [-0.4, -0.2) is 35.5 Å². The average molecular weight is 201 g/mol. The van der Waals surface area contributed by atoms with Gasteiger partial charge in [-0.2, -0.15) is 0 Å². The molecule has 0 radical (unpaired) electrons. The third-order valence-electron chi connectivity index (χ3n) is 2.40. The van der Waals surface area contributed by atoms with Crippen LogP contribution in [0, 0.1) is 11.8 Å². The molecule has 0 aliphatic rings. The third kappa shape index (κ3) is 3.77. The Morgan fingerprint density at radius 2 is 1.86 bits per heavy atom. The number of carboxylic acids is 1. The summed E-state index contributed by atoms with van der Waals surface area (Å²) in [5, 5.41) is 8.65. The molecule has 0 aromatic carbocycles. The van der Waals surface area contributed by atoms with Crippen LogP contribution in [-0.2, 0) is 9.59 Å². The van der Waals surface area contributed by atoms with Gasteiger partial charge in [0.1, 0.15) is 5.92 Å². The molecule has 4 heteroatoms. The lowest BCUT2D eigenvalue weighted by Crippen LogP contribution is -2.37. The molecule has 2 atom stereocenters. The van der Waals surface area contributed by atoms with Gasteiger partial charge < -0.3 is 10.0 Å². The second-order valence-electron chi connectivity index (χ2n) is 3.79. The van der Waals surface area contributed by atoms with Crippen LogP contribution >= 0.6 is 0 Å². The van der Waals surface area contributed by atoms with Crippen molar-refractivity contribution in [1.82, 2.24) is 4.90 Å². The zero-order chi connectivity index (χ0) is 11.3. The molecular weight excluding hydrogens is 182 g/mol. The number of carbonyl (C=O) groups excluding carboxylic acids is 1. The fourth-order valence-electron chi connectivity index (χ4n) is 1.12. The first-order chi connectivity index (χ1) is 6.40. The topological polar surface area (TPSA) is 57.6 Å². The van der Waals surface area contributed by atoms with Gasteiger partial charge in [0.2, 0.25) is 5.91 Å². The summed E-state index contributed by atoms with van der Waals surface area (Å²) in [6, 6.07) is 0.